The molecule has 0 saturated carbocycles. The molecule has 3 rings (SSSR count). The molecular weight excluding hydrogens is 295 g/mol. The standard InChI is InChI=1S/C14H10BrFN2/c15-10-7-12-13(8-11(10)16)18-14(17-12)6-9-4-2-1-3-5-9/h1-5,7-8H,6H2,(H,17,18). The van der Waals surface area contributed by atoms with Gasteiger partial charge >= 0.3 is 0 Å². The Bertz CT molecular complexity index is 653. The minimum Gasteiger partial charge on any atom is -0.342 e. The van der Waals surface area contributed by atoms with Gasteiger partial charge < -0.3 is 4.98 Å². The van der Waals surface area contributed by atoms with Gasteiger partial charge in [-0.25, -0.2) is 9.37 Å². The van der Waals surface area contributed by atoms with Crippen molar-refractivity contribution in [3.8, 4) is 0 Å². The predicted molar refractivity (Wildman–Crippen MR) is 73.0 cm³/mol. The van der Waals surface area contributed by atoms with Crippen LogP contribution in [0.4, 0.5) is 4.39 Å². The van der Waals surface area contributed by atoms with Gasteiger partial charge in [-0.1, -0.05) is 30.3 Å². The van der Waals surface area contributed by atoms with Crippen LogP contribution in [0.2, 0.25) is 0 Å². The third kappa shape index (κ3) is 2.16. The number of rotatable bonds is 2. The summed E-state index contributed by atoms with van der Waals surface area (Å²) in [7, 11) is 0. The third-order valence-electron chi connectivity index (χ3n) is 2.79. The second-order valence-corrected chi connectivity index (χ2v) is 4.98. The zero-order chi connectivity index (χ0) is 12.5. The smallest absolute Gasteiger partial charge is 0.139 e. The molecule has 0 saturated heterocycles. The van der Waals surface area contributed by atoms with Crippen LogP contribution in [-0.4, -0.2) is 9.97 Å². The molecule has 0 radical (unpaired) electrons. The van der Waals surface area contributed by atoms with Crippen LogP contribution >= 0.6 is 15.9 Å². The molecule has 0 spiro atoms. The van der Waals surface area contributed by atoms with Crippen LogP contribution in [-0.2, 0) is 6.42 Å². The highest BCUT2D eigenvalue weighted by Crippen LogP contribution is 2.22. The number of benzene rings is 2. The maximum atomic E-state index is 13.4. The molecule has 0 aliphatic carbocycles. The molecule has 1 heterocycles. The number of imidazole rings is 1. The van der Waals surface area contributed by atoms with E-state index in [2.05, 4.69) is 25.9 Å². The number of fused-ring (bicyclic) bond motifs is 1. The zero-order valence-electron chi connectivity index (χ0n) is 9.45. The van der Waals surface area contributed by atoms with Crippen LogP contribution in [0.5, 0.6) is 0 Å². The maximum absolute atomic E-state index is 13.4. The summed E-state index contributed by atoms with van der Waals surface area (Å²) in [6.07, 6.45) is 0.717. The SMILES string of the molecule is Fc1cc2[nH]c(Cc3ccccc3)nc2cc1Br. The Morgan fingerprint density at radius 3 is 2.72 bits per heavy atom. The van der Waals surface area contributed by atoms with Gasteiger partial charge in [0.1, 0.15) is 11.6 Å². The van der Waals surface area contributed by atoms with E-state index in [9.17, 15) is 4.39 Å². The highest BCUT2D eigenvalue weighted by molar-refractivity contribution is 9.10. The van der Waals surface area contributed by atoms with Gasteiger partial charge in [0.25, 0.3) is 0 Å². The van der Waals surface area contributed by atoms with E-state index in [0.29, 0.717) is 4.47 Å². The Hall–Kier alpha value is -1.68. The molecule has 18 heavy (non-hydrogen) atoms. The van der Waals surface area contributed by atoms with E-state index in [-0.39, 0.29) is 5.82 Å². The molecule has 0 bridgehead atoms. The normalized spacial score (nSPS) is 11.0. The van der Waals surface area contributed by atoms with Gasteiger partial charge in [0.2, 0.25) is 0 Å². The monoisotopic (exact) mass is 304 g/mol. The van der Waals surface area contributed by atoms with Gasteiger partial charge in [0.05, 0.1) is 15.5 Å². The first-order valence-electron chi connectivity index (χ1n) is 5.60. The average molecular weight is 305 g/mol. The van der Waals surface area contributed by atoms with E-state index in [1.54, 1.807) is 6.07 Å². The topological polar surface area (TPSA) is 28.7 Å². The van der Waals surface area contributed by atoms with E-state index in [4.69, 9.17) is 0 Å². The van der Waals surface area contributed by atoms with Crippen LogP contribution in [0, 0.1) is 5.82 Å². The number of hydrogen-bond acceptors (Lipinski definition) is 1. The van der Waals surface area contributed by atoms with Gasteiger partial charge in [-0.2, -0.15) is 0 Å². The fourth-order valence-corrected chi connectivity index (χ4v) is 2.26. The zero-order valence-corrected chi connectivity index (χ0v) is 11.0. The molecule has 4 heteroatoms. The minimum atomic E-state index is -0.280. The van der Waals surface area contributed by atoms with Gasteiger partial charge in [-0.3, -0.25) is 0 Å². The molecular formula is C14H10BrFN2. The summed E-state index contributed by atoms with van der Waals surface area (Å²) in [5.41, 5.74) is 2.67. The highest BCUT2D eigenvalue weighted by Gasteiger charge is 2.07. The Labute approximate surface area is 112 Å². The summed E-state index contributed by atoms with van der Waals surface area (Å²) in [6.45, 7) is 0. The predicted octanol–water partition coefficient (Wildman–Crippen LogP) is 4.06. The first-order valence-corrected chi connectivity index (χ1v) is 6.39. The molecule has 0 amide bonds. The maximum Gasteiger partial charge on any atom is 0.139 e. The first kappa shape index (κ1) is 11.4. The quantitative estimate of drug-likeness (QED) is 0.760. The Balaban J connectivity index is 1.99. The largest absolute Gasteiger partial charge is 0.342 e. The van der Waals surface area contributed by atoms with Crippen LogP contribution < -0.4 is 0 Å². The van der Waals surface area contributed by atoms with Gasteiger partial charge in [0.15, 0.2) is 0 Å². The van der Waals surface area contributed by atoms with Crippen molar-refractivity contribution in [3.63, 3.8) is 0 Å². The lowest BCUT2D eigenvalue weighted by molar-refractivity contribution is 0.623. The number of nitrogens with zero attached hydrogens (tertiary/aromatic N) is 1. The van der Waals surface area contributed by atoms with Crippen molar-refractivity contribution in [1.29, 1.82) is 0 Å². The summed E-state index contributed by atoms with van der Waals surface area (Å²) in [4.78, 5) is 7.60. The summed E-state index contributed by atoms with van der Waals surface area (Å²) in [5, 5.41) is 0. The van der Waals surface area contributed by atoms with E-state index in [0.717, 1.165) is 23.3 Å². The van der Waals surface area contributed by atoms with Crippen molar-refractivity contribution < 1.29 is 4.39 Å². The molecule has 2 aromatic carbocycles. The average Bonchev–Trinajstić information content (AvgIpc) is 2.72. The molecule has 0 aliphatic rings. The summed E-state index contributed by atoms with van der Waals surface area (Å²) >= 11 is 3.16. The van der Waals surface area contributed by atoms with Crippen molar-refractivity contribution in [2.75, 3.05) is 0 Å². The molecule has 0 aliphatic heterocycles. The lowest BCUT2D eigenvalue weighted by Crippen LogP contribution is -1.89. The lowest BCUT2D eigenvalue weighted by atomic mass is 10.1. The van der Waals surface area contributed by atoms with Gasteiger partial charge in [-0.15, -0.1) is 0 Å². The number of nitrogens with one attached hydrogen (secondary N) is 1. The van der Waals surface area contributed by atoms with Crippen molar-refractivity contribution in [2.24, 2.45) is 0 Å². The molecule has 2 nitrogen and oxygen atoms in total. The van der Waals surface area contributed by atoms with Crippen LogP contribution in [0.3, 0.4) is 0 Å². The second kappa shape index (κ2) is 4.53. The number of hydrogen-bond donors (Lipinski definition) is 1. The molecule has 0 fully saturated rings. The lowest BCUT2D eigenvalue weighted by Gasteiger charge is -1.96. The number of aromatic nitrogens is 2. The summed E-state index contributed by atoms with van der Waals surface area (Å²) in [6, 6.07) is 13.2. The van der Waals surface area contributed by atoms with Crippen LogP contribution in [0.15, 0.2) is 46.9 Å². The van der Waals surface area contributed by atoms with E-state index in [1.807, 2.05) is 30.3 Å². The third-order valence-corrected chi connectivity index (χ3v) is 3.40. The molecule has 0 atom stereocenters. The fraction of sp³-hybridized carbons (Fsp3) is 0.0714. The van der Waals surface area contributed by atoms with E-state index >= 15 is 0 Å². The minimum absolute atomic E-state index is 0.280. The van der Waals surface area contributed by atoms with Crippen LogP contribution in [0.25, 0.3) is 11.0 Å². The summed E-state index contributed by atoms with van der Waals surface area (Å²) in [5.74, 6) is 0.561. The number of aromatic amines is 1. The Morgan fingerprint density at radius 1 is 1.17 bits per heavy atom. The second-order valence-electron chi connectivity index (χ2n) is 4.13. The number of H-pyrrole nitrogens is 1. The Morgan fingerprint density at radius 2 is 1.94 bits per heavy atom. The van der Waals surface area contributed by atoms with E-state index < -0.39 is 0 Å². The fourth-order valence-electron chi connectivity index (χ4n) is 1.93. The first-order chi connectivity index (χ1) is 8.72. The van der Waals surface area contributed by atoms with Crippen molar-refractivity contribution >= 4 is 27.0 Å². The van der Waals surface area contributed by atoms with E-state index in [1.165, 1.54) is 11.6 Å². The van der Waals surface area contributed by atoms with Crippen molar-refractivity contribution in [3.05, 3.63) is 64.1 Å². The Kier molecular flexibility index (Phi) is 2.88. The molecule has 1 N–H and O–H groups in total. The van der Waals surface area contributed by atoms with Crippen molar-refractivity contribution in [1.82, 2.24) is 9.97 Å². The highest BCUT2D eigenvalue weighted by atomic mass is 79.9. The molecule has 90 valence electrons. The molecule has 1 aromatic heterocycles. The summed E-state index contributed by atoms with van der Waals surface area (Å²) < 4.78 is 13.8. The van der Waals surface area contributed by atoms with Gasteiger partial charge in [-0.05, 0) is 27.6 Å². The number of halogens is 2. The van der Waals surface area contributed by atoms with Gasteiger partial charge in [0, 0.05) is 12.5 Å². The molecule has 0 unspecified atom stereocenters. The molecule has 3 aromatic rings. The van der Waals surface area contributed by atoms with Crippen LogP contribution in [0.1, 0.15) is 11.4 Å². The van der Waals surface area contributed by atoms with Crippen molar-refractivity contribution in [2.45, 2.75) is 6.42 Å².